The summed E-state index contributed by atoms with van der Waals surface area (Å²) >= 11 is 1.35. The molecule has 1 heterocycles. The molecule has 19 nitrogen and oxygen atoms in total. The lowest BCUT2D eigenvalue weighted by Crippen LogP contribution is -2.13. The highest BCUT2D eigenvalue weighted by Crippen LogP contribution is 2.37. The molecule has 0 fully saturated rings. The summed E-state index contributed by atoms with van der Waals surface area (Å²) in [6.45, 7) is 16.5. The summed E-state index contributed by atoms with van der Waals surface area (Å²) in [5, 5.41) is 4.95. The predicted octanol–water partition coefficient (Wildman–Crippen LogP) is 12.9. The predicted molar refractivity (Wildman–Crippen MR) is 321 cm³/mol. The Morgan fingerprint density at radius 1 is 0.429 bits per heavy atom. The smallest absolute Gasteiger partial charge is 0.343 e. The average molecular weight is 1170 g/mol. The van der Waals surface area contributed by atoms with Crippen LogP contribution in [0.1, 0.15) is 129 Å². The Morgan fingerprint density at radius 3 is 1.24 bits per heavy atom. The molecule has 0 aliphatic heterocycles. The second-order valence-corrected chi connectivity index (χ2v) is 19.8. The molecule has 0 atom stereocenters. The minimum atomic E-state index is -0.696. The minimum Gasteiger partial charge on any atom is -0.494 e. The van der Waals surface area contributed by atoms with Gasteiger partial charge in [0.1, 0.15) is 23.0 Å². The zero-order chi connectivity index (χ0) is 60.0. The van der Waals surface area contributed by atoms with Crippen LogP contribution in [0.5, 0.6) is 34.5 Å². The number of nitrogens with one attached hydrogen (secondary N) is 1. The van der Waals surface area contributed by atoms with Crippen LogP contribution in [0.2, 0.25) is 0 Å². The van der Waals surface area contributed by atoms with Gasteiger partial charge in [-0.2, -0.15) is 5.10 Å². The summed E-state index contributed by atoms with van der Waals surface area (Å²) in [5.41, 5.74) is 4.40. The van der Waals surface area contributed by atoms with E-state index in [2.05, 4.69) is 41.8 Å². The number of hydrazone groups is 1. The highest BCUT2D eigenvalue weighted by molar-refractivity contribution is 7.22. The highest BCUT2D eigenvalue weighted by Gasteiger charge is 2.21. The summed E-state index contributed by atoms with van der Waals surface area (Å²) in [6.07, 6.45) is 18.6. The Bertz CT molecular complexity index is 2960. The van der Waals surface area contributed by atoms with Gasteiger partial charge in [0.05, 0.1) is 80.4 Å². The maximum absolute atomic E-state index is 13.9. The fraction of sp³-hybridized carbons (Fsp3) is 0.375. The van der Waals surface area contributed by atoms with E-state index in [1.165, 1.54) is 29.7 Å². The number of unbranched alkanes of at least 4 members (excludes halogenated alkanes) is 12. The van der Waals surface area contributed by atoms with E-state index < -0.39 is 35.8 Å². The van der Waals surface area contributed by atoms with Crippen molar-refractivity contribution in [2.75, 3.05) is 58.3 Å². The summed E-state index contributed by atoms with van der Waals surface area (Å²) in [5.74, 6) is -1.17. The molecule has 1 aromatic heterocycles. The number of aromatic nitrogens is 1. The third-order valence-electron chi connectivity index (χ3n) is 12.2. The van der Waals surface area contributed by atoms with Gasteiger partial charge in [-0.05, 0) is 176 Å². The topological polar surface area (TPSA) is 232 Å². The number of benzene rings is 4. The van der Waals surface area contributed by atoms with Crippen LogP contribution in [-0.2, 0) is 38.1 Å². The third kappa shape index (κ3) is 25.6. The number of esters is 6. The van der Waals surface area contributed by atoms with Gasteiger partial charge in [-0.25, -0.2) is 33.8 Å². The Hall–Kier alpha value is -8.78. The Morgan fingerprint density at radius 2 is 0.810 bits per heavy atom. The van der Waals surface area contributed by atoms with Crippen LogP contribution in [0, 0.1) is 0 Å². The molecule has 84 heavy (non-hydrogen) atoms. The number of hydrogen-bond acceptors (Lipinski definition) is 20. The number of carbonyl (C=O) groups excluding carboxylic acids is 6. The molecular weight excluding hydrogens is 1100 g/mol. The fourth-order valence-corrected chi connectivity index (χ4v) is 8.58. The molecule has 0 saturated carbocycles. The number of rotatable bonds is 43. The van der Waals surface area contributed by atoms with Crippen molar-refractivity contribution in [3.8, 4) is 34.5 Å². The van der Waals surface area contributed by atoms with E-state index in [1.807, 2.05) is 18.2 Å². The molecule has 0 spiro atoms. The van der Waals surface area contributed by atoms with Gasteiger partial charge in [0.2, 0.25) is 5.13 Å². The SMILES string of the molecule is C=CC(=O)OCCCCCCOc1ccc(C(=O)Oc2cc(OCCCCCCOC(=O)C=C)c(OC(=O)c3ccc(OCCCCCCOC(=O)C=C)cc3)cc2/C=N/Nc2nc3ccc(OCCCCCCOC(=O)C=C)cc3s2)cc1. The Balaban J connectivity index is 1.31. The zero-order valence-electron chi connectivity index (χ0n) is 47.5. The lowest BCUT2D eigenvalue weighted by molar-refractivity contribution is -0.138. The summed E-state index contributed by atoms with van der Waals surface area (Å²) in [6, 6.07) is 21.7. The van der Waals surface area contributed by atoms with E-state index in [4.69, 9.17) is 47.4 Å². The van der Waals surface area contributed by atoms with E-state index in [9.17, 15) is 28.8 Å². The molecule has 1 N–H and O–H groups in total. The van der Waals surface area contributed by atoms with Crippen LogP contribution in [-0.4, -0.2) is 99.9 Å². The Labute approximate surface area is 494 Å². The van der Waals surface area contributed by atoms with Crippen molar-refractivity contribution in [1.29, 1.82) is 0 Å². The number of fused-ring (bicyclic) bond motifs is 1. The first kappa shape index (κ1) is 66.0. The van der Waals surface area contributed by atoms with E-state index >= 15 is 0 Å². The molecule has 0 aliphatic rings. The van der Waals surface area contributed by atoms with Crippen LogP contribution in [0.15, 0.2) is 135 Å². The molecule has 0 unspecified atom stereocenters. The van der Waals surface area contributed by atoms with E-state index in [0.717, 1.165) is 124 Å². The number of thiazole rings is 1. The van der Waals surface area contributed by atoms with Gasteiger partial charge in [0.15, 0.2) is 11.5 Å². The van der Waals surface area contributed by atoms with E-state index in [-0.39, 0.29) is 47.2 Å². The number of ether oxygens (including phenoxy) is 10. The van der Waals surface area contributed by atoms with Crippen LogP contribution >= 0.6 is 11.3 Å². The van der Waals surface area contributed by atoms with Crippen molar-refractivity contribution < 1.29 is 76.1 Å². The number of nitrogens with zero attached hydrogens (tertiary/aromatic N) is 2. The largest absolute Gasteiger partial charge is 0.494 e. The van der Waals surface area contributed by atoms with Crippen molar-refractivity contribution in [3.05, 3.63) is 146 Å². The number of carbonyl (C=O) groups is 6. The Kier molecular flexibility index (Phi) is 30.5. The summed E-state index contributed by atoms with van der Waals surface area (Å²) in [4.78, 5) is 77.7. The second kappa shape index (κ2) is 38.8. The zero-order valence-corrected chi connectivity index (χ0v) is 48.3. The van der Waals surface area contributed by atoms with Crippen molar-refractivity contribution >= 4 is 68.7 Å². The van der Waals surface area contributed by atoms with Crippen molar-refractivity contribution in [2.45, 2.75) is 103 Å². The first-order chi connectivity index (χ1) is 41.0. The maximum atomic E-state index is 13.9. The molecular formula is C64H75N3O16S. The molecule has 448 valence electrons. The van der Waals surface area contributed by atoms with E-state index in [1.54, 1.807) is 48.5 Å². The maximum Gasteiger partial charge on any atom is 0.343 e. The number of hydrogen-bond donors (Lipinski definition) is 1. The molecule has 5 aromatic rings. The van der Waals surface area contributed by atoms with Crippen LogP contribution in [0.25, 0.3) is 10.2 Å². The molecule has 0 saturated heterocycles. The van der Waals surface area contributed by atoms with Gasteiger partial charge >= 0.3 is 35.8 Å². The monoisotopic (exact) mass is 1170 g/mol. The van der Waals surface area contributed by atoms with Crippen LogP contribution in [0.4, 0.5) is 5.13 Å². The molecule has 0 amide bonds. The fourth-order valence-electron chi connectivity index (χ4n) is 7.74. The summed E-state index contributed by atoms with van der Waals surface area (Å²) < 4.78 is 57.3. The number of anilines is 1. The standard InChI is InChI=1S/C64H75N3O16S/c1-5-58(68)78-39-21-13-9-17-35-74-50-29-25-47(26-30-50)62(72)82-54-45-55(77-38-20-12-16-24-42-81-61(71)8-4)56(83-63(73)48-27-31-51(32-28-48)75-36-18-10-14-22-40-79-59(69)6-2)43-49(54)46-65-67-64-66-53-34-33-52(44-57(53)84-64)76-37-19-11-15-23-41-80-60(70)7-3/h5-8,25-34,43-46H,1-4,9-24,35-42H2,(H,66,67)/b65-46+. The van der Waals surface area contributed by atoms with Gasteiger partial charge < -0.3 is 47.4 Å². The van der Waals surface area contributed by atoms with Gasteiger partial charge in [0.25, 0.3) is 0 Å². The van der Waals surface area contributed by atoms with Crippen LogP contribution in [0.3, 0.4) is 0 Å². The quantitative estimate of drug-likeness (QED) is 0.00727. The normalized spacial score (nSPS) is 10.8. The highest BCUT2D eigenvalue weighted by atomic mass is 32.1. The van der Waals surface area contributed by atoms with Gasteiger partial charge in [0, 0.05) is 35.9 Å². The van der Waals surface area contributed by atoms with Crippen LogP contribution < -0.4 is 33.8 Å². The third-order valence-corrected chi connectivity index (χ3v) is 13.2. The molecule has 0 bridgehead atoms. The lowest BCUT2D eigenvalue weighted by Gasteiger charge is -2.16. The molecule has 20 heteroatoms. The van der Waals surface area contributed by atoms with Crippen molar-refractivity contribution in [1.82, 2.24) is 4.98 Å². The van der Waals surface area contributed by atoms with Gasteiger partial charge in [-0.15, -0.1) is 0 Å². The summed E-state index contributed by atoms with van der Waals surface area (Å²) in [7, 11) is 0. The van der Waals surface area contributed by atoms with Crippen molar-refractivity contribution in [2.24, 2.45) is 5.10 Å². The average Bonchev–Trinajstić information content (AvgIpc) is 3.58. The minimum absolute atomic E-state index is 0.0244. The lowest BCUT2D eigenvalue weighted by atomic mass is 10.1. The first-order valence-corrected chi connectivity index (χ1v) is 29.0. The van der Waals surface area contributed by atoms with Gasteiger partial charge in [-0.3, -0.25) is 5.43 Å². The molecule has 0 radical (unpaired) electrons. The molecule has 4 aromatic carbocycles. The van der Waals surface area contributed by atoms with E-state index in [0.29, 0.717) is 74.9 Å². The van der Waals surface area contributed by atoms with Crippen molar-refractivity contribution in [3.63, 3.8) is 0 Å². The molecule has 0 aliphatic carbocycles. The molecule has 5 rings (SSSR count). The second-order valence-electron chi connectivity index (χ2n) is 18.7. The first-order valence-electron chi connectivity index (χ1n) is 28.2. The van der Waals surface area contributed by atoms with Gasteiger partial charge in [-0.1, -0.05) is 37.7 Å².